The van der Waals surface area contributed by atoms with Gasteiger partial charge in [0.15, 0.2) is 0 Å². The molecule has 1 aliphatic heterocycles. The lowest BCUT2D eigenvalue weighted by molar-refractivity contribution is -0.132. The van der Waals surface area contributed by atoms with Crippen LogP contribution in [0, 0.1) is 6.92 Å². The van der Waals surface area contributed by atoms with Crippen LogP contribution in [0.4, 0.5) is 0 Å². The molecule has 124 valence electrons. The third kappa shape index (κ3) is 2.68. The van der Waals surface area contributed by atoms with Gasteiger partial charge in [-0.1, -0.05) is 18.2 Å². The summed E-state index contributed by atoms with van der Waals surface area (Å²) in [4.78, 5) is 14.6. The van der Waals surface area contributed by atoms with E-state index in [0.29, 0.717) is 18.3 Å². The fourth-order valence-corrected chi connectivity index (χ4v) is 3.34. The number of piperidine rings is 1. The van der Waals surface area contributed by atoms with Crippen molar-refractivity contribution in [2.45, 2.75) is 32.7 Å². The molecule has 1 aromatic carbocycles. The smallest absolute Gasteiger partial charge is 0.249 e. The Kier molecular flexibility index (Phi) is 3.80. The minimum absolute atomic E-state index is 0.170. The number of nitrogens with zero attached hydrogens (tertiary/aromatic N) is 4. The Morgan fingerprint density at radius 1 is 1.17 bits per heavy atom. The SMILES string of the molecule is Cc1nnc(-c2cn(CC(=O)N3CCCCC3)c3ccccc23)o1. The van der Waals surface area contributed by atoms with E-state index in [4.69, 9.17) is 4.42 Å². The third-order valence-electron chi connectivity index (χ3n) is 4.56. The zero-order valence-electron chi connectivity index (χ0n) is 13.7. The lowest BCUT2D eigenvalue weighted by Gasteiger charge is -2.27. The average molecular weight is 324 g/mol. The molecule has 0 radical (unpaired) electrons. The third-order valence-corrected chi connectivity index (χ3v) is 4.56. The minimum atomic E-state index is 0.170. The first-order valence-electron chi connectivity index (χ1n) is 8.38. The molecule has 1 amide bonds. The fourth-order valence-electron chi connectivity index (χ4n) is 3.34. The normalized spacial score (nSPS) is 15.1. The van der Waals surface area contributed by atoms with Gasteiger partial charge in [-0.15, -0.1) is 10.2 Å². The van der Waals surface area contributed by atoms with E-state index in [0.717, 1.165) is 42.4 Å². The number of benzene rings is 1. The molecule has 3 aromatic rings. The summed E-state index contributed by atoms with van der Waals surface area (Å²) in [7, 11) is 0. The van der Waals surface area contributed by atoms with Gasteiger partial charge in [-0.3, -0.25) is 4.79 Å². The Balaban J connectivity index is 1.69. The van der Waals surface area contributed by atoms with Crippen LogP contribution in [0.15, 0.2) is 34.9 Å². The van der Waals surface area contributed by atoms with E-state index in [-0.39, 0.29) is 5.91 Å². The van der Waals surface area contributed by atoms with Crippen molar-refractivity contribution in [1.29, 1.82) is 0 Å². The highest BCUT2D eigenvalue weighted by Crippen LogP contribution is 2.29. The van der Waals surface area contributed by atoms with Crippen LogP contribution >= 0.6 is 0 Å². The molecule has 6 heteroatoms. The van der Waals surface area contributed by atoms with Crippen molar-refractivity contribution < 1.29 is 9.21 Å². The van der Waals surface area contributed by atoms with Crippen LogP contribution in [0.2, 0.25) is 0 Å². The van der Waals surface area contributed by atoms with E-state index in [2.05, 4.69) is 10.2 Å². The van der Waals surface area contributed by atoms with Gasteiger partial charge in [0, 0.05) is 37.1 Å². The number of aryl methyl sites for hydroxylation is 1. The van der Waals surface area contributed by atoms with Crippen molar-refractivity contribution in [2.24, 2.45) is 0 Å². The van der Waals surface area contributed by atoms with Gasteiger partial charge < -0.3 is 13.9 Å². The van der Waals surface area contributed by atoms with Crippen LogP contribution in [-0.4, -0.2) is 38.7 Å². The minimum Gasteiger partial charge on any atom is -0.421 e. The second kappa shape index (κ2) is 6.11. The van der Waals surface area contributed by atoms with E-state index in [1.807, 2.05) is 39.9 Å². The van der Waals surface area contributed by atoms with Gasteiger partial charge in [-0.25, -0.2) is 0 Å². The molecule has 6 nitrogen and oxygen atoms in total. The molecule has 1 fully saturated rings. The Hall–Kier alpha value is -2.63. The van der Waals surface area contributed by atoms with Crippen molar-refractivity contribution in [2.75, 3.05) is 13.1 Å². The summed E-state index contributed by atoms with van der Waals surface area (Å²) in [5.74, 6) is 1.20. The van der Waals surface area contributed by atoms with Gasteiger partial charge in [0.1, 0.15) is 6.54 Å². The lowest BCUT2D eigenvalue weighted by Crippen LogP contribution is -2.37. The van der Waals surface area contributed by atoms with Crippen LogP contribution in [0.3, 0.4) is 0 Å². The molecule has 0 N–H and O–H groups in total. The number of amides is 1. The molecule has 0 atom stereocenters. The summed E-state index contributed by atoms with van der Waals surface area (Å²) >= 11 is 0. The summed E-state index contributed by atoms with van der Waals surface area (Å²) in [6.07, 6.45) is 5.37. The highest BCUT2D eigenvalue weighted by molar-refractivity contribution is 5.94. The van der Waals surface area contributed by atoms with E-state index in [9.17, 15) is 4.79 Å². The molecule has 1 aliphatic rings. The molecule has 2 aromatic heterocycles. The summed E-state index contributed by atoms with van der Waals surface area (Å²) in [5, 5.41) is 9.06. The molecule has 0 bridgehead atoms. The van der Waals surface area contributed by atoms with Crippen molar-refractivity contribution in [1.82, 2.24) is 19.7 Å². The molecular weight excluding hydrogens is 304 g/mol. The topological polar surface area (TPSA) is 64.2 Å². The van der Waals surface area contributed by atoms with E-state index >= 15 is 0 Å². The van der Waals surface area contributed by atoms with Gasteiger partial charge >= 0.3 is 0 Å². The predicted molar refractivity (Wildman–Crippen MR) is 90.4 cm³/mol. The zero-order valence-corrected chi connectivity index (χ0v) is 13.7. The Bertz CT molecular complexity index is 874. The first-order chi connectivity index (χ1) is 11.7. The van der Waals surface area contributed by atoms with Crippen LogP contribution in [0.1, 0.15) is 25.2 Å². The first-order valence-corrected chi connectivity index (χ1v) is 8.38. The summed E-state index contributed by atoms with van der Waals surface area (Å²) < 4.78 is 7.57. The number of rotatable bonds is 3. The number of likely N-dealkylation sites (tertiary alicyclic amines) is 1. The maximum Gasteiger partial charge on any atom is 0.249 e. The monoisotopic (exact) mass is 324 g/mol. The average Bonchev–Trinajstić information content (AvgIpc) is 3.20. The van der Waals surface area contributed by atoms with Gasteiger partial charge in [0.25, 0.3) is 0 Å². The van der Waals surface area contributed by atoms with Crippen molar-refractivity contribution in [3.8, 4) is 11.5 Å². The second-order valence-corrected chi connectivity index (χ2v) is 6.26. The highest BCUT2D eigenvalue weighted by Gasteiger charge is 2.20. The quantitative estimate of drug-likeness (QED) is 0.743. The lowest BCUT2D eigenvalue weighted by atomic mass is 10.1. The largest absolute Gasteiger partial charge is 0.421 e. The Morgan fingerprint density at radius 2 is 1.96 bits per heavy atom. The van der Waals surface area contributed by atoms with Gasteiger partial charge in [0.2, 0.25) is 17.7 Å². The predicted octanol–water partition coefficient (Wildman–Crippen LogP) is 3.01. The number of para-hydroxylation sites is 1. The molecule has 0 spiro atoms. The standard InChI is InChI=1S/C18H20N4O2/c1-13-19-20-18(24-13)15-11-22(16-8-4-3-7-14(15)16)12-17(23)21-9-5-2-6-10-21/h3-4,7-8,11H,2,5-6,9-10,12H2,1H3. The van der Waals surface area contributed by atoms with Crippen molar-refractivity contribution >= 4 is 16.8 Å². The number of aromatic nitrogens is 3. The number of carbonyl (C=O) groups is 1. The Morgan fingerprint density at radius 3 is 2.71 bits per heavy atom. The Labute approximate surface area is 140 Å². The van der Waals surface area contributed by atoms with Crippen LogP contribution in [0.5, 0.6) is 0 Å². The molecule has 3 heterocycles. The van der Waals surface area contributed by atoms with Crippen LogP contribution < -0.4 is 0 Å². The first kappa shape index (κ1) is 14.9. The molecule has 24 heavy (non-hydrogen) atoms. The van der Waals surface area contributed by atoms with Crippen LogP contribution in [-0.2, 0) is 11.3 Å². The highest BCUT2D eigenvalue weighted by atomic mass is 16.4. The number of hydrogen-bond donors (Lipinski definition) is 0. The van der Waals surface area contributed by atoms with Crippen LogP contribution in [0.25, 0.3) is 22.4 Å². The summed E-state index contributed by atoms with van der Waals surface area (Å²) in [6, 6.07) is 8.00. The van der Waals surface area contributed by atoms with Gasteiger partial charge in [-0.2, -0.15) is 0 Å². The van der Waals surface area contributed by atoms with Gasteiger partial charge in [-0.05, 0) is 25.3 Å². The maximum absolute atomic E-state index is 12.6. The van der Waals surface area contributed by atoms with E-state index in [1.165, 1.54) is 6.42 Å². The molecule has 4 rings (SSSR count). The van der Waals surface area contributed by atoms with E-state index < -0.39 is 0 Å². The second-order valence-electron chi connectivity index (χ2n) is 6.26. The maximum atomic E-state index is 12.6. The fraction of sp³-hybridized carbons (Fsp3) is 0.389. The number of hydrogen-bond acceptors (Lipinski definition) is 4. The number of carbonyl (C=O) groups excluding carboxylic acids is 1. The molecule has 0 saturated carbocycles. The molecule has 0 unspecified atom stereocenters. The molecular formula is C18H20N4O2. The summed E-state index contributed by atoms with van der Waals surface area (Å²) in [5.41, 5.74) is 1.88. The molecule has 1 saturated heterocycles. The van der Waals surface area contributed by atoms with E-state index in [1.54, 1.807) is 6.92 Å². The van der Waals surface area contributed by atoms with Crippen molar-refractivity contribution in [3.63, 3.8) is 0 Å². The zero-order chi connectivity index (χ0) is 16.5. The molecule has 0 aliphatic carbocycles. The number of fused-ring (bicyclic) bond motifs is 1. The van der Waals surface area contributed by atoms with Gasteiger partial charge in [0.05, 0.1) is 5.56 Å². The van der Waals surface area contributed by atoms with Crippen molar-refractivity contribution in [3.05, 3.63) is 36.4 Å². The summed E-state index contributed by atoms with van der Waals surface area (Å²) in [6.45, 7) is 3.85.